The van der Waals surface area contributed by atoms with E-state index < -0.39 is 11.4 Å². The standard InChI is InChI=1S/C10H18O4/c1-10(9(11)12)5-7(13-2)4-8(6-10)14-3/h7-8H,4-6H2,1-3H3,(H,11,12). The lowest BCUT2D eigenvalue weighted by molar-refractivity contribution is -0.157. The quantitative estimate of drug-likeness (QED) is 0.749. The van der Waals surface area contributed by atoms with Crippen LogP contribution >= 0.6 is 0 Å². The molecule has 0 saturated heterocycles. The number of methoxy groups -OCH3 is 2. The van der Waals surface area contributed by atoms with E-state index in [0.29, 0.717) is 12.8 Å². The van der Waals surface area contributed by atoms with Gasteiger partial charge in [0, 0.05) is 14.2 Å². The van der Waals surface area contributed by atoms with Crippen molar-refractivity contribution in [2.24, 2.45) is 5.41 Å². The Morgan fingerprint density at radius 3 is 2.00 bits per heavy atom. The summed E-state index contributed by atoms with van der Waals surface area (Å²) >= 11 is 0. The van der Waals surface area contributed by atoms with Crippen LogP contribution in [-0.4, -0.2) is 37.5 Å². The highest BCUT2D eigenvalue weighted by Gasteiger charge is 2.43. The number of hydrogen-bond donors (Lipinski definition) is 1. The van der Waals surface area contributed by atoms with Gasteiger partial charge in [0.1, 0.15) is 0 Å². The summed E-state index contributed by atoms with van der Waals surface area (Å²) < 4.78 is 10.5. The van der Waals surface area contributed by atoms with Crippen LogP contribution in [0.3, 0.4) is 0 Å². The maximum atomic E-state index is 11.1. The van der Waals surface area contributed by atoms with Crippen molar-refractivity contribution in [2.75, 3.05) is 14.2 Å². The van der Waals surface area contributed by atoms with E-state index in [0.717, 1.165) is 6.42 Å². The number of ether oxygens (including phenoxy) is 2. The fraction of sp³-hybridized carbons (Fsp3) is 0.900. The molecule has 0 aromatic rings. The Morgan fingerprint density at radius 2 is 1.71 bits per heavy atom. The molecule has 0 aliphatic heterocycles. The molecule has 0 bridgehead atoms. The van der Waals surface area contributed by atoms with Gasteiger partial charge in [-0.2, -0.15) is 0 Å². The molecule has 0 radical (unpaired) electrons. The van der Waals surface area contributed by atoms with E-state index in [2.05, 4.69) is 0 Å². The summed E-state index contributed by atoms with van der Waals surface area (Å²) in [5, 5.41) is 9.11. The first-order valence-electron chi connectivity index (χ1n) is 4.81. The molecule has 1 aliphatic rings. The molecule has 82 valence electrons. The van der Waals surface area contributed by atoms with Gasteiger partial charge in [-0.05, 0) is 26.2 Å². The van der Waals surface area contributed by atoms with Crippen molar-refractivity contribution < 1.29 is 19.4 Å². The SMILES string of the molecule is COC1CC(OC)CC(C)(C(=O)O)C1. The van der Waals surface area contributed by atoms with Gasteiger partial charge in [0.25, 0.3) is 0 Å². The zero-order valence-corrected chi connectivity index (χ0v) is 8.95. The van der Waals surface area contributed by atoms with Crippen molar-refractivity contribution in [1.82, 2.24) is 0 Å². The Balaban J connectivity index is 2.73. The smallest absolute Gasteiger partial charge is 0.309 e. The number of carboxylic acids is 1. The van der Waals surface area contributed by atoms with Crippen LogP contribution in [-0.2, 0) is 14.3 Å². The van der Waals surface area contributed by atoms with E-state index in [4.69, 9.17) is 14.6 Å². The first-order valence-corrected chi connectivity index (χ1v) is 4.81. The molecule has 2 unspecified atom stereocenters. The third-order valence-corrected chi connectivity index (χ3v) is 3.07. The topological polar surface area (TPSA) is 55.8 Å². The van der Waals surface area contributed by atoms with Crippen LogP contribution in [0.15, 0.2) is 0 Å². The van der Waals surface area contributed by atoms with Crippen LogP contribution in [0, 0.1) is 5.41 Å². The lowest BCUT2D eigenvalue weighted by Gasteiger charge is -2.38. The Hall–Kier alpha value is -0.610. The first kappa shape index (κ1) is 11.5. The minimum Gasteiger partial charge on any atom is -0.481 e. The molecule has 0 aromatic carbocycles. The minimum absolute atomic E-state index is 0.00481. The second-order valence-electron chi connectivity index (χ2n) is 4.23. The average molecular weight is 202 g/mol. The minimum atomic E-state index is -0.763. The maximum Gasteiger partial charge on any atom is 0.309 e. The second-order valence-corrected chi connectivity index (χ2v) is 4.23. The van der Waals surface area contributed by atoms with Gasteiger partial charge in [-0.1, -0.05) is 0 Å². The Bertz CT molecular complexity index is 202. The molecule has 0 amide bonds. The molecule has 0 aromatic heterocycles. The number of carbonyl (C=O) groups is 1. The maximum absolute atomic E-state index is 11.1. The summed E-state index contributed by atoms with van der Waals surface area (Å²) in [5.41, 5.74) is -0.709. The molecule has 1 saturated carbocycles. The zero-order valence-electron chi connectivity index (χ0n) is 8.95. The van der Waals surface area contributed by atoms with Crippen molar-refractivity contribution in [1.29, 1.82) is 0 Å². The van der Waals surface area contributed by atoms with Gasteiger partial charge in [-0.25, -0.2) is 0 Å². The molecular formula is C10H18O4. The predicted octanol–water partition coefficient (Wildman–Crippen LogP) is 1.29. The van der Waals surface area contributed by atoms with Crippen LogP contribution in [0.5, 0.6) is 0 Å². The molecule has 2 atom stereocenters. The van der Waals surface area contributed by atoms with E-state index >= 15 is 0 Å². The summed E-state index contributed by atoms with van der Waals surface area (Å²) in [6.45, 7) is 1.76. The highest BCUT2D eigenvalue weighted by atomic mass is 16.5. The highest BCUT2D eigenvalue weighted by molar-refractivity contribution is 5.74. The summed E-state index contributed by atoms with van der Waals surface area (Å²) in [4.78, 5) is 11.1. The molecule has 1 aliphatic carbocycles. The van der Waals surface area contributed by atoms with Gasteiger partial charge in [0.05, 0.1) is 17.6 Å². The van der Waals surface area contributed by atoms with E-state index in [9.17, 15) is 4.79 Å². The van der Waals surface area contributed by atoms with Crippen LogP contribution in [0.25, 0.3) is 0 Å². The van der Waals surface area contributed by atoms with E-state index in [1.165, 1.54) is 0 Å². The van der Waals surface area contributed by atoms with Crippen molar-refractivity contribution in [3.8, 4) is 0 Å². The summed E-state index contributed by atoms with van der Waals surface area (Å²) in [6.07, 6.45) is 1.91. The van der Waals surface area contributed by atoms with Crippen molar-refractivity contribution in [3.63, 3.8) is 0 Å². The molecule has 4 nitrogen and oxygen atoms in total. The monoisotopic (exact) mass is 202 g/mol. The number of carboxylic acid groups (broad SMARTS) is 1. The van der Waals surface area contributed by atoms with E-state index in [1.807, 2.05) is 0 Å². The number of rotatable bonds is 3. The lowest BCUT2D eigenvalue weighted by atomic mass is 9.73. The largest absolute Gasteiger partial charge is 0.481 e. The second kappa shape index (κ2) is 4.28. The Kier molecular flexibility index (Phi) is 3.50. The van der Waals surface area contributed by atoms with Crippen molar-refractivity contribution >= 4 is 5.97 Å². The van der Waals surface area contributed by atoms with E-state index in [1.54, 1.807) is 21.1 Å². The molecule has 4 heteroatoms. The zero-order chi connectivity index (χ0) is 10.8. The number of aliphatic carboxylic acids is 1. The van der Waals surface area contributed by atoms with Gasteiger partial charge < -0.3 is 14.6 Å². The third kappa shape index (κ3) is 2.25. The molecule has 0 heterocycles. The lowest BCUT2D eigenvalue weighted by Crippen LogP contribution is -2.42. The molecule has 1 fully saturated rings. The van der Waals surface area contributed by atoms with Gasteiger partial charge >= 0.3 is 5.97 Å². The predicted molar refractivity (Wildman–Crippen MR) is 51.2 cm³/mol. The fourth-order valence-electron chi connectivity index (χ4n) is 2.08. The Morgan fingerprint density at radius 1 is 1.29 bits per heavy atom. The molecular weight excluding hydrogens is 184 g/mol. The average Bonchev–Trinajstić information content (AvgIpc) is 2.16. The van der Waals surface area contributed by atoms with Gasteiger partial charge in [-0.3, -0.25) is 4.79 Å². The van der Waals surface area contributed by atoms with Gasteiger partial charge in [0.2, 0.25) is 0 Å². The van der Waals surface area contributed by atoms with Crippen molar-refractivity contribution in [2.45, 2.75) is 38.4 Å². The fourth-order valence-corrected chi connectivity index (χ4v) is 2.08. The summed E-state index contributed by atoms with van der Waals surface area (Å²) in [5.74, 6) is -0.763. The summed E-state index contributed by atoms with van der Waals surface area (Å²) in [6, 6.07) is 0. The third-order valence-electron chi connectivity index (χ3n) is 3.07. The molecule has 1 N–H and O–H groups in total. The normalized spacial score (nSPS) is 38.2. The molecule has 14 heavy (non-hydrogen) atoms. The van der Waals surface area contributed by atoms with Gasteiger partial charge in [0.15, 0.2) is 0 Å². The first-order chi connectivity index (χ1) is 6.51. The van der Waals surface area contributed by atoms with Crippen LogP contribution in [0.4, 0.5) is 0 Å². The van der Waals surface area contributed by atoms with E-state index in [-0.39, 0.29) is 12.2 Å². The highest BCUT2D eigenvalue weighted by Crippen LogP contribution is 2.38. The van der Waals surface area contributed by atoms with Crippen molar-refractivity contribution in [3.05, 3.63) is 0 Å². The van der Waals surface area contributed by atoms with Crippen LogP contribution < -0.4 is 0 Å². The van der Waals surface area contributed by atoms with Crippen LogP contribution in [0.2, 0.25) is 0 Å². The number of hydrogen-bond acceptors (Lipinski definition) is 3. The molecule has 1 rings (SSSR count). The van der Waals surface area contributed by atoms with Crippen LogP contribution in [0.1, 0.15) is 26.2 Å². The van der Waals surface area contributed by atoms with Gasteiger partial charge in [-0.15, -0.1) is 0 Å². The molecule has 0 spiro atoms. The Labute approximate surface area is 84.2 Å². The summed E-state index contributed by atoms with van der Waals surface area (Å²) in [7, 11) is 3.23.